The Hall–Kier alpha value is -1.59. The highest BCUT2D eigenvalue weighted by molar-refractivity contribution is 7.99. The van der Waals surface area contributed by atoms with E-state index in [1.807, 2.05) is 38.1 Å². The number of hydrogen-bond donors (Lipinski definition) is 2. The molecule has 0 saturated carbocycles. The van der Waals surface area contributed by atoms with Crippen molar-refractivity contribution >= 4 is 28.6 Å². The van der Waals surface area contributed by atoms with Crippen LogP contribution in [-0.2, 0) is 10.5 Å². The van der Waals surface area contributed by atoms with E-state index in [9.17, 15) is 4.79 Å². The molecule has 20 heavy (non-hydrogen) atoms. The highest BCUT2D eigenvalue weighted by Gasteiger charge is 2.32. The van der Waals surface area contributed by atoms with Gasteiger partial charge in [-0.25, -0.2) is 0 Å². The molecule has 106 valence electrons. The SMILES string of the molecule is CC(C)(SCc1ccc2ncccc2c1)[C@H](N)C(=O)O. The first-order valence-corrected chi connectivity index (χ1v) is 7.35. The minimum absolute atomic E-state index is 0.518. The summed E-state index contributed by atoms with van der Waals surface area (Å²) in [5.41, 5.74) is 7.82. The van der Waals surface area contributed by atoms with E-state index >= 15 is 0 Å². The Bertz CT molecular complexity index is 628. The van der Waals surface area contributed by atoms with Gasteiger partial charge in [0.1, 0.15) is 6.04 Å². The molecule has 0 bridgehead atoms. The van der Waals surface area contributed by atoms with E-state index < -0.39 is 16.8 Å². The van der Waals surface area contributed by atoms with Crippen molar-refractivity contribution in [2.24, 2.45) is 5.73 Å². The lowest BCUT2D eigenvalue weighted by atomic mass is 10.1. The fourth-order valence-corrected chi connectivity index (χ4v) is 2.87. The molecule has 0 radical (unpaired) electrons. The van der Waals surface area contributed by atoms with Crippen LogP contribution in [0.25, 0.3) is 10.9 Å². The predicted octanol–water partition coefficient (Wildman–Crippen LogP) is 2.66. The van der Waals surface area contributed by atoms with Crippen LogP contribution in [0.4, 0.5) is 0 Å². The normalized spacial score (nSPS) is 13.3. The molecule has 0 aliphatic carbocycles. The van der Waals surface area contributed by atoms with Gasteiger partial charge in [0.05, 0.1) is 5.52 Å². The van der Waals surface area contributed by atoms with Gasteiger partial charge in [-0.15, -0.1) is 11.8 Å². The van der Waals surface area contributed by atoms with E-state index in [0.29, 0.717) is 0 Å². The average Bonchev–Trinajstić information content (AvgIpc) is 2.44. The Labute approximate surface area is 122 Å². The van der Waals surface area contributed by atoms with Crippen molar-refractivity contribution in [2.45, 2.75) is 30.4 Å². The number of nitrogens with zero attached hydrogens (tertiary/aromatic N) is 1. The standard InChI is InChI=1S/C15H18N2O2S/c1-15(2,13(16)14(18)19)20-9-10-5-6-12-11(8-10)4-3-7-17-12/h3-8,13H,9,16H2,1-2H3,(H,18,19)/t13-/m1/s1. The van der Waals surface area contributed by atoms with Gasteiger partial charge in [-0.05, 0) is 37.6 Å². The molecule has 5 heteroatoms. The number of carbonyl (C=O) groups is 1. The van der Waals surface area contributed by atoms with Crippen molar-refractivity contribution in [2.75, 3.05) is 0 Å². The first-order chi connectivity index (χ1) is 9.40. The molecule has 1 aromatic carbocycles. The van der Waals surface area contributed by atoms with Gasteiger partial charge < -0.3 is 10.8 Å². The summed E-state index contributed by atoms with van der Waals surface area (Å²) in [5, 5.41) is 10.1. The molecule has 0 aliphatic rings. The molecule has 4 nitrogen and oxygen atoms in total. The van der Waals surface area contributed by atoms with E-state index in [0.717, 1.165) is 22.2 Å². The average molecular weight is 290 g/mol. The predicted molar refractivity (Wildman–Crippen MR) is 82.7 cm³/mol. The second-order valence-electron chi connectivity index (χ2n) is 5.24. The van der Waals surface area contributed by atoms with Crippen LogP contribution >= 0.6 is 11.8 Å². The van der Waals surface area contributed by atoms with E-state index in [2.05, 4.69) is 11.1 Å². The van der Waals surface area contributed by atoms with E-state index in [4.69, 9.17) is 10.8 Å². The number of thioether (sulfide) groups is 1. The van der Waals surface area contributed by atoms with E-state index in [1.165, 1.54) is 0 Å². The maximum Gasteiger partial charge on any atom is 0.321 e. The van der Waals surface area contributed by atoms with Crippen LogP contribution in [0.1, 0.15) is 19.4 Å². The zero-order valence-electron chi connectivity index (χ0n) is 11.5. The number of pyridine rings is 1. The monoisotopic (exact) mass is 290 g/mol. The molecule has 2 rings (SSSR count). The van der Waals surface area contributed by atoms with E-state index in [-0.39, 0.29) is 0 Å². The van der Waals surface area contributed by atoms with Gasteiger partial charge in [0.2, 0.25) is 0 Å². The summed E-state index contributed by atoms with van der Waals surface area (Å²) in [5.74, 6) is -0.246. The van der Waals surface area contributed by atoms with Crippen LogP contribution in [0.2, 0.25) is 0 Å². The lowest BCUT2D eigenvalue weighted by Gasteiger charge is -2.28. The number of hydrogen-bond acceptors (Lipinski definition) is 4. The van der Waals surface area contributed by atoms with Crippen molar-refractivity contribution in [1.82, 2.24) is 4.98 Å². The number of aromatic nitrogens is 1. The van der Waals surface area contributed by atoms with Crippen LogP contribution in [0.5, 0.6) is 0 Å². The summed E-state index contributed by atoms with van der Waals surface area (Å²) < 4.78 is -0.518. The van der Waals surface area contributed by atoms with Gasteiger partial charge in [0.15, 0.2) is 0 Å². The molecule has 0 saturated heterocycles. The summed E-state index contributed by atoms with van der Waals surface area (Å²) in [6, 6.07) is 9.13. The number of fused-ring (bicyclic) bond motifs is 1. The third kappa shape index (κ3) is 3.29. The molecule has 1 aromatic heterocycles. The number of carboxylic acid groups (broad SMARTS) is 1. The number of rotatable bonds is 5. The van der Waals surface area contributed by atoms with Crippen LogP contribution in [0.3, 0.4) is 0 Å². The maximum atomic E-state index is 11.0. The first-order valence-electron chi connectivity index (χ1n) is 6.36. The lowest BCUT2D eigenvalue weighted by molar-refractivity contribution is -0.139. The van der Waals surface area contributed by atoms with Crippen molar-refractivity contribution < 1.29 is 9.90 Å². The number of benzene rings is 1. The smallest absolute Gasteiger partial charge is 0.321 e. The zero-order chi connectivity index (χ0) is 14.8. The summed E-state index contributed by atoms with van der Waals surface area (Å²) >= 11 is 1.55. The molecule has 0 fully saturated rings. The van der Waals surface area contributed by atoms with Gasteiger partial charge in [-0.1, -0.05) is 12.1 Å². The molecule has 1 atom stereocenters. The Balaban J connectivity index is 2.11. The van der Waals surface area contributed by atoms with E-state index in [1.54, 1.807) is 18.0 Å². The minimum Gasteiger partial charge on any atom is -0.480 e. The van der Waals surface area contributed by atoms with Crippen molar-refractivity contribution in [1.29, 1.82) is 0 Å². The second kappa shape index (κ2) is 5.81. The van der Waals surface area contributed by atoms with Crippen molar-refractivity contribution in [3.63, 3.8) is 0 Å². The molecule has 0 aliphatic heterocycles. The summed E-state index contributed by atoms with van der Waals surface area (Å²) in [6.07, 6.45) is 1.77. The summed E-state index contributed by atoms with van der Waals surface area (Å²) in [6.45, 7) is 3.72. The van der Waals surface area contributed by atoms with Gasteiger partial charge >= 0.3 is 5.97 Å². The van der Waals surface area contributed by atoms with Crippen LogP contribution in [-0.4, -0.2) is 26.8 Å². The number of nitrogens with two attached hydrogens (primary N) is 1. The Morgan fingerprint density at radius 2 is 2.20 bits per heavy atom. The molecule has 0 unspecified atom stereocenters. The van der Waals surface area contributed by atoms with Crippen molar-refractivity contribution in [3.8, 4) is 0 Å². The number of aliphatic carboxylic acids is 1. The quantitative estimate of drug-likeness (QED) is 0.885. The topological polar surface area (TPSA) is 76.2 Å². The first kappa shape index (κ1) is 14.8. The number of carboxylic acids is 1. The van der Waals surface area contributed by atoms with Crippen molar-refractivity contribution in [3.05, 3.63) is 42.1 Å². The van der Waals surface area contributed by atoms with Gasteiger partial charge in [0, 0.05) is 22.1 Å². The maximum absolute atomic E-state index is 11.0. The van der Waals surface area contributed by atoms with Gasteiger partial charge in [-0.2, -0.15) is 0 Å². The largest absolute Gasteiger partial charge is 0.480 e. The Morgan fingerprint density at radius 1 is 1.45 bits per heavy atom. The Kier molecular flexibility index (Phi) is 4.30. The van der Waals surface area contributed by atoms with Gasteiger partial charge in [0.25, 0.3) is 0 Å². The third-order valence-electron chi connectivity index (χ3n) is 3.29. The van der Waals surface area contributed by atoms with Crippen LogP contribution in [0.15, 0.2) is 36.5 Å². The highest BCUT2D eigenvalue weighted by atomic mass is 32.2. The summed E-state index contributed by atoms with van der Waals surface area (Å²) in [4.78, 5) is 15.3. The fourth-order valence-electron chi connectivity index (χ4n) is 1.87. The molecule has 1 heterocycles. The minimum atomic E-state index is -0.967. The van der Waals surface area contributed by atoms with Crippen LogP contribution < -0.4 is 5.73 Å². The zero-order valence-corrected chi connectivity index (χ0v) is 12.4. The lowest BCUT2D eigenvalue weighted by Crippen LogP contribution is -2.46. The summed E-state index contributed by atoms with van der Waals surface area (Å²) in [7, 11) is 0. The third-order valence-corrected chi connectivity index (χ3v) is 4.77. The molecule has 0 amide bonds. The highest BCUT2D eigenvalue weighted by Crippen LogP contribution is 2.31. The molecular weight excluding hydrogens is 272 g/mol. The molecular formula is C15H18N2O2S. The molecule has 0 spiro atoms. The Morgan fingerprint density at radius 3 is 2.90 bits per heavy atom. The second-order valence-corrected chi connectivity index (χ2v) is 6.87. The fraction of sp³-hybridized carbons (Fsp3) is 0.333. The molecule has 2 aromatic rings. The van der Waals surface area contributed by atoms with Crippen LogP contribution in [0, 0.1) is 0 Å². The molecule has 3 N–H and O–H groups in total. The van der Waals surface area contributed by atoms with Gasteiger partial charge in [-0.3, -0.25) is 9.78 Å².